The molecule has 0 spiro atoms. The van der Waals surface area contributed by atoms with Crippen LogP contribution >= 0.6 is 11.8 Å². The molecule has 2 heterocycles. The van der Waals surface area contributed by atoms with E-state index in [0.717, 1.165) is 62.3 Å². The number of nitrogens with zero attached hydrogens (tertiary/aromatic N) is 2. The topological polar surface area (TPSA) is 40.6 Å². The van der Waals surface area contributed by atoms with Crippen LogP contribution in [0.25, 0.3) is 0 Å². The number of halogens is 1. The van der Waals surface area contributed by atoms with Crippen LogP contribution in [0.1, 0.15) is 49.1 Å². The summed E-state index contributed by atoms with van der Waals surface area (Å²) in [6.07, 6.45) is 4.93. The molecule has 1 aromatic rings. The molecule has 0 unspecified atom stereocenters. The Labute approximate surface area is 177 Å². The predicted octanol–water partition coefficient (Wildman–Crippen LogP) is 3.83. The van der Waals surface area contributed by atoms with E-state index in [4.69, 9.17) is 0 Å². The molecule has 0 N–H and O–H groups in total. The number of benzene rings is 1. The minimum Gasteiger partial charge on any atom is -0.341 e. The number of hydrogen-bond donors (Lipinski definition) is 0. The van der Waals surface area contributed by atoms with E-state index >= 15 is 0 Å². The zero-order valence-electron chi connectivity index (χ0n) is 17.2. The van der Waals surface area contributed by atoms with Gasteiger partial charge in [0.25, 0.3) is 0 Å². The van der Waals surface area contributed by atoms with Gasteiger partial charge in [-0.05, 0) is 43.4 Å². The summed E-state index contributed by atoms with van der Waals surface area (Å²) in [5.41, 5.74) is 1.66. The Kier molecular flexibility index (Phi) is 6.47. The molecule has 4 rings (SSSR count). The van der Waals surface area contributed by atoms with Gasteiger partial charge in [0, 0.05) is 49.5 Å². The molecule has 0 radical (unpaired) electrons. The van der Waals surface area contributed by atoms with Gasteiger partial charge in [-0.15, -0.1) is 0 Å². The molecule has 1 aromatic carbocycles. The van der Waals surface area contributed by atoms with E-state index in [1.165, 1.54) is 6.07 Å². The highest BCUT2D eigenvalue weighted by atomic mass is 32.2. The molecule has 6 heteroatoms. The molecule has 2 aliphatic heterocycles. The molecule has 1 aliphatic carbocycles. The van der Waals surface area contributed by atoms with Gasteiger partial charge < -0.3 is 9.80 Å². The highest BCUT2D eigenvalue weighted by Crippen LogP contribution is 2.35. The van der Waals surface area contributed by atoms with Crippen LogP contribution in [-0.4, -0.2) is 59.3 Å². The van der Waals surface area contributed by atoms with Gasteiger partial charge in [0.05, 0.1) is 5.92 Å². The van der Waals surface area contributed by atoms with E-state index < -0.39 is 0 Å². The first-order valence-corrected chi connectivity index (χ1v) is 12.1. The van der Waals surface area contributed by atoms with Crippen LogP contribution in [0.3, 0.4) is 0 Å². The largest absolute Gasteiger partial charge is 0.341 e. The lowest BCUT2D eigenvalue weighted by molar-refractivity contribution is -0.143. The van der Waals surface area contributed by atoms with Gasteiger partial charge in [0.15, 0.2) is 0 Å². The first-order chi connectivity index (χ1) is 14.0. The fourth-order valence-electron chi connectivity index (χ4n) is 5.09. The Morgan fingerprint density at radius 3 is 2.38 bits per heavy atom. The number of aryl methyl sites for hydroxylation is 1. The molecule has 4 nitrogen and oxygen atoms in total. The van der Waals surface area contributed by atoms with Gasteiger partial charge in [-0.25, -0.2) is 4.39 Å². The molecule has 3 fully saturated rings. The average molecular weight is 419 g/mol. The Bertz CT molecular complexity index is 759. The van der Waals surface area contributed by atoms with Crippen molar-refractivity contribution in [2.24, 2.45) is 11.8 Å². The SMILES string of the molecule is Cc1cc([C@@H]2C[C@H](C(=O)N3CCSCC3)CN(C(=O)C3CCCC3)C2)ccc1F. The summed E-state index contributed by atoms with van der Waals surface area (Å²) in [6.45, 7) is 4.56. The van der Waals surface area contributed by atoms with Crippen LogP contribution in [0, 0.1) is 24.6 Å². The van der Waals surface area contributed by atoms with Gasteiger partial charge in [0.1, 0.15) is 5.82 Å². The highest BCUT2D eigenvalue weighted by Gasteiger charge is 2.38. The van der Waals surface area contributed by atoms with Crippen LogP contribution < -0.4 is 0 Å². The molecule has 0 aromatic heterocycles. The first kappa shape index (κ1) is 20.7. The molecule has 3 aliphatic rings. The van der Waals surface area contributed by atoms with Gasteiger partial charge in [0.2, 0.25) is 11.8 Å². The number of carbonyl (C=O) groups excluding carboxylic acids is 2. The van der Waals surface area contributed by atoms with E-state index in [1.807, 2.05) is 33.7 Å². The summed E-state index contributed by atoms with van der Waals surface area (Å²) in [5, 5.41) is 0. The van der Waals surface area contributed by atoms with Crippen LogP contribution in [0.4, 0.5) is 4.39 Å². The third kappa shape index (κ3) is 4.62. The quantitative estimate of drug-likeness (QED) is 0.749. The van der Waals surface area contributed by atoms with E-state index in [2.05, 4.69) is 0 Å². The molecule has 2 atom stereocenters. The number of hydrogen-bond acceptors (Lipinski definition) is 3. The predicted molar refractivity (Wildman–Crippen MR) is 114 cm³/mol. The van der Waals surface area contributed by atoms with Crippen LogP contribution in [0.5, 0.6) is 0 Å². The molecule has 1 saturated carbocycles. The lowest BCUT2D eigenvalue weighted by atomic mass is 9.82. The summed E-state index contributed by atoms with van der Waals surface area (Å²) in [5.74, 6) is 2.23. The highest BCUT2D eigenvalue weighted by molar-refractivity contribution is 7.99. The fourth-order valence-corrected chi connectivity index (χ4v) is 6.00. The van der Waals surface area contributed by atoms with Crippen molar-refractivity contribution in [3.8, 4) is 0 Å². The van der Waals surface area contributed by atoms with Crippen LogP contribution in [-0.2, 0) is 9.59 Å². The van der Waals surface area contributed by atoms with Crippen molar-refractivity contribution in [3.63, 3.8) is 0 Å². The normalized spacial score (nSPS) is 26.0. The number of thioether (sulfide) groups is 1. The zero-order chi connectivity index (χ0) is 20.4. The summed E-state index contributed by atoms with van der Waals surface area (Å²) in [6, 6.07) is 5.24. The summed E-state index contributed by atoms with van der Waals surface area (Å²) in [4.78, 5) is 30.4. The maximum absolute atomic E-state index is 13.8. The second-order valence-electron chi connectivity index (χ2n) is 8.80. The Hall–Kier alpha value is -1.56. The van der Waals surface area contributed by atoms with Crippen molar-refractivity contribution in [2.75, 3.05) is 37.7 Å². The van der Waals surface area contributed by atoms with Crippen molar-refractivity contribution in [1.82, 2.24) is 9.80 Å². The van der Waals surface area contributed by atoms with E-state index in [1.54, 1.807) is 6.92 Å². The Balaban J connectivity index is 1.56. The van der Waals surface area contributed by atoms with Crippen LogP contribution in [0.15, 0.2) is 18.2 Å². The number of amides is 2. The van der Waals surface area contributed by atoms with Crippen molar-refractivity contribution in [1.29, 1.82) is 0 Å². The summed E-state index contributed by atoms with van der Waals surface area (Å²) < 4.78 is 13.8. The fraction of sp³-hybridized carbons (Fsp3) is 0.652. The number of piperidine rings is 1. The van der Waals surface area contributed by atoms with Gasteiger partial charge >= 0.3 is 0 Å². The number of rotatable bonds is 3. The third-order valence-electron chi connectivity index (χ3n) is 6.79. The lowest BCUT2D eigenvalue weighted by Crippen LogP contribution is -2.51. The van der Waals surface area contributed by atoms with E-state index in [-0.39, 0.29) is 35.4 Å². The molecule has 2 amide bonds. The lowest BCUT2D eigenvalue weighted by Gasteiger charge is -2.41. The maximum Gasteiger partial charge on any atom is 0.227 e. The van der Waals surface area contributed by atoms with Gasteiger partial charge in [-0.1, -0.05) is 25.0 Å². The van der Waals surface area contributed by atoms with Crippen molar-refractivity contribution in [3.05, 3.63) is 35.1 Å². The summed E-state index contributed by atoms with van der Waals surface area (Å²) >= 11 is 1.89. The minimum absolute atomic E-state index is 0.0847. The smallest absolute Gasteiger partial charge is 0.227 e. The van der Waals surface area contributed by atoms with Crippen LogP contribution in [0.2, 0.25) is 0 Å². The molecule has 2 saturated heterocycles. The molecule has 0 bridgehead atoms. The van der Waals surface area contributed by atoms with E-state index in [9.17, 15) is 14.0 Å². The van der Waals surface area contributed by atoms with Gasteiger partial charge in [-0.2, -0.15) is 11.8 Å². The Morgan fingerprint density at radius 1 is 1.00 bits per heavy atom. The minimum atomic E-state index is -0.207. The second kappa shape index (κ2) is 9.07. The monoisotopic (exact) mass is 418 g/mol. The molecule has 29 heavy (non-hydrogen) atoms. The van der Waals surface area contributed by atoms with Crippen molar-refractivity contribution >= 4 is 23.6 Å². The summed E-state index contributed by atoms with van der Waals surface area (Å²) in [7, 11) is 0. The third-order valence-corrected chi connectivity index (χ3v) is 7.73. The van der Waals surface area contributed by atoms with Crippen molar-refractivity contribution in [2.45, 2.75) is 44.9 Å². The standard InChI is InChI=1S/C23H31FN2O2S/c1-16-12-18(6-7-21(16)24)19-13-20(23(28)25-8-10-29-11-9-25)15-26(14-19)22(27)17-4-2-3-5-17/h6-7,12,17,19-20H,2-5,8-11,13-15H2,1H3/t19-,20+/m1/s1. The van der Waals surface area contributed by atoms with Gasteiger partial charge in [-0.3, -0.25) is 9.59 Å². The van der Waals surface area contributed by atoms with Crippen molar-refractivity contribution < 1.29 is 14.0 Å². The number of likely N-dealkylation sites (tertiary alicyclic amines) is 1. The molecular formula is C23H31FN2O2S. The Morgan fingerprint density at radius 2 is 1.69 bits per heavy atom. The van der Waals surface area contributed by atoms with E-state index in [0.29, 0.717) is 18.7 Å². The first-order valence-electron chi connectivity index (χ1n) is 10.9. The molecular weight excluding hydrogens is 387 g/mol. The maximum atomic E-state index is 13.8. The molecule has 158 valence electrons. The number of carbonyl (C=O) groups is 2. The average Bonchev–Trinajstić information content (AvgIpc) is 3.30. The second-order valence-corrected chi connectivity index (χ2v) is 10.0. The zero-order valence-corrected chi connectivity index (χ0v) is 18.1.